The van der Waals surface area contributed by atoms with Crippen LogP contribution in [0.25, 0.3) is 0 Å². The fourth-order valence-corrected chi connectivity index (χ4v) is 1.47. The summed E-state index contributed by atoms with van der Waals surface area (Å²) in [5.74, 6) is -5.71. The molecule has 0 unspecified atom stereocenters. The Hall–Kier alpha value is -1.61. The Morgan fingerprint density at radius 1 is 1.05 bits per heavy atom. The van der Waals surface area contributed by atoms with Crippen LogP contribution in [-0.2, 0) is 19.1 Å². The van der Waals surface area contributed by atoms with Crippen molar-refractivity contribution in [1.82, 2.24) is 4.57 Å². The zero-order valence-corrected chi connectivity index (χ0v) is 9.03. The van der Waals surface area contributed by atoms with Crippen molar-refractivity contribution in [1.29, 1.82) is 0 Å². The number of alkyl halides is 8. The van der Waals surface area contributed by atoms with Crippen molar-refractivity contribution in [3.63, 3.8) is 0 Å². The molecular formula is C9H5F8NO. The van der Waals surface area contributed by atoms with Gasteiger partial charge in [-0.1, -0.05) is 0 Å². The average Bonchev–Trinajstić information content (AvgIpc) is 2.53. The van der Waals surface area contributed by atoms with E-state index in [1.807, 2.05) is 0 Å². The largest absolute Gasteiger partial charge is 0.458 e. The molecule has 0 saturated carbocycles. The summed E-state index contributed by atoms with van der Waals surface area (Å²) in [4.78, 5) is 10.4. The van der Waals surface area contributed by atoms with Gasteiger partial charge in [0.2, 0.25) is 0 Å². The van der Waals surface area contributed by atoms with E-state index in [2.05, 4.69) is 0 Å². The van der Waals surface area contributed by atoms with Gasteiger partial charge in [0.15, 0.2) is 6.29 Å². The molecule has 0 bridgehead atoms. The van der Waals surface area contributed by atoms with Crippen molar-refractivity contribution in [2.75, 3.05) is 0 Å². The molecule has 0 N–H and O–H groups in total. The molecule has 0 aromatic carbocycles. The Morgan fingerprint density at radius 2 is 1.53 bits per heavy atom. The van der Waals surface area contributed by atoms with E-state index < -0.39 is 41.4 Å². The molecule has 0 radical (unpaired) electrons. The Kier molecular flexibility index (Phi) is 3.42. The number of aromatic nitrogens is 1. The molecular weight excluding hydrogens is 290 g/mol. The number of rotatable bonds is 2. The molecule has 108 valence electrons. The minimum atomic E-state index is -6.20. The Labute approximate surface area is 100 Å². The van der Waals surface area contributed by atoms with Crippen molar-refractivity contribution in [3.8, 4) is 0 Å². The SMILES string of the molecule is Cn1cc(C(F)(F)C(F)(F)F)c(C(F)(F)F)c1C=O. The van der Waals surface area contributed by atoms with Crippen LogP contribution in [0.5, 0.6) is 0 Å². The first-order valence-electron chi connectivity index (χ1n) is 4.50. The highest BCUT2D eigenvalue weighted by molar-refractivity contribution is 5.76. The first kappa shape index (κ1) is 15.4. The lowest BCUT2D eigenvalue weighted by atomic mass is 10.0. The molecule has 2 nitrogen and oxygen atoms in total. The summed E-state index contributed by atoms with van der Waals surface area (Å²) in [6.07, 6.45) is -12.2. The molecule has 0 fully saturated rings. The van der Waals surface area contributed by atoms with Gasteiger partial charge in [-0.15, -0.1) is 0 Å². The molecule has 19 heavy (non-hydrogen) atoms. The van der Waals surface area contributed by atoms with E-state index in [1.165, 1.54) is 0 Å². The second kappa shape index (κ2) is 4.20. The number of hydrogen-bond acceptors (Lipinski definition) is 1. The summed E-state index contributed by atoms with van der Waals surface area (Å²) in [5.41, 5.74) is -5.88. The molecule has 1 aromatic rings. The van der Waals surface area contributed by atoms with Crippen LogP contribution >= 0.6 is 0 Å². The second-order valence-electron chi connectivity index (χ2n) is 3.60. The van der Waals surface area contributed by atoms with Gasteiger partial charge in [0.05, 0.1) is 16.8 Å². The molecule has 0 spiro atoms. The Balaban J connectivity index is 3.67. The number of aldehydes is 1. The maximum atomic E-state index is 13.0. The van der Waals surface area contributed by atoms with E-state index in [0.29, 0.717) is 0 Å². The summed E-state index contributed by atoms with van der Waals surface area (Å²) in [7, 11) is 0.759. The van der Waals surface area contributed by atoms with Crippen molar-refractivity contribution in [2.45, 2.75) is 18.3 Å². The minimum absolute atomic E-state index is 0.0555. The third-order valence-corrected chi connectivity index (χ3v) is 2.32. The van der Waals surface area contributed by atoms with E-state index in [1.54, 1.807) is 0 Å². The first-order valence-corrected chi connectivity index (χ1v) is 4.50. The number of aryl methyl sites for hydroxylation is 1. The van der Waals surface area contributed by atoms with Gasteiger partial charge in [0, 0.05) is 13.2 Å². The molecule has 1 rings (SSSR count). The van der Waals surface area contributed by atoms with Gasteiger partial charge in [-0.3, -0.25) is 4.79 Å². The van der Waals surface area contributed by atoms with E-state index in [-0.39, 0.29) is 10.8 Å². The van der Waals surface area contributed by atoms with E-state index >= 15 is 0 Å². The van der Waals surface area contributed by atoms with Gasteiger partial charge >= 0.3 is 18.3 Å². The van der Waals surface area contributed by atoms with Crippen molar-refractivity contribution >= 4 is 6.29 Å². The average molecular weight is 295 g/mol. The second-order valence-corrected chi connectivity index (χ2v) is 3.60. The molecule has 0 aliphatic rings. The highest BCUT2D eigenvalue weighted by atomic mass is 19.4. The van der Waals surface area contributed by atoms with Gasteiger partial charge in [0.1, 0.15) is 0 Å². The van der Waals surface area contributed by atoms with Gasteiger partial charge in [0.25, 0.3) is 0 Å². The van der Waals surface area contributed by atoms with Crippen LogP contribution in [0.1, 0.15) is 21.6 Å². The smallest absolute Gasteiger partial charge is 0.347 e. The quantitative estimate of drug-likeness (QED) is 0.604. The van der Waals surface area contributed by atoms with Crippen LogP contribution in [0, 0.1) is 0 Å². The van der Waals surface area contributed by atoms with E-state index in [4.69, 9.17) is 0 Å². The van der Waals surface area contributed by atoms with Crippen molar-refractivity contribution in [2.24, 2.45) is 7.05 Å². The van der Waals surface area contributed by atoms with Gasteiger partial charge < -0.3 is 4.57 Å². The molecule has 0 saturated heterocycles. The lowest BCUT2D eigenvalue weighted by molar-refractivity contribution is -0.291. The highest BCUT2D eigenvalue weighted by Crippen LogP contribution is 2.49. The van der Waals surface area contributed by atoms with Crippen LogP contribution < -0.4 is 0 Å². The monoisotopic (exact) mass is 295 g/mol. The van der Waals surface area contributed by atoms with Crippen LogP contribution in [-0.4, -0.2) is 17.0 Å². The molecule has 0 aliphatic carbocycles. The molecule has 0 amide bonds. The number of halogens is 8. The zero-order valence-electron chi connectivity index (χ0n) is 9.03. The van der Waals surface area contributed by atoms with Crippen molar-refractivity contribution < 1.29 is 39.9 Å². The summed E-state index contributed by atoms with van der Waals surface area (Å²) in [6, 6.07) is 0. The van der Waals surface area contributed by atoms with Gasteiger partial charge in [-0.25, -0.2) is 0 Å². The Morgan fingerprint density at radius 3 is 1.84 bits per heavy atom. The molecule has 1 heterocycles. The lowest BCUT2D eigenvalue weighted by Gasteiger charge is -2.20. The van der Waals surface area contributed by atoms with Gasteiger partial charge in [-0.05, 0) is 0 Å². The minimum Gasteiger partial charge on any atom is -0.347 e. The first-order chi connectivity index (χ1) is 8.34. The summed E-state index contributed by atoms with van der Waals surface area (Å²) < 4.78 is 100. The van der Waals surface area contributed by atoms with Crippen LogP contribution in [0.4, 0.5) is 35.1 Å². The predicted molar refractivity (Wildman–Crippen MR) is 45.8 cm³/mol. The third-order valence-electron chi connectivity index (χ3n) is 2.32. The zero-order chi connectivity index (χ0) is 15.2. The number of carbonyl (C=O) groups excluding carboxylic acids is 1. The highest BCUT2D eigenvalue weighted by Gasteiger charge is 2.62. The lowest BCUT2D eigenvalue weighted by Crippen LogP contribution is -2.35. The maximum Gasteiger partial charge on any atom is 0.458 e. The molecule has 0 aliphatic heterocycles. The molecule has 10 heteroatoms. The van der Waals surface area contributed by atoms with E-state index in [0.717, 1.165) is 7.05 Å². The summed E-state index contributed by atoms with van der Waals surface area (Å²) in [5, 5.41) is 0. The van der Waals surface area contributed by atoms with Crippen LogP contribution in [0.3, 0.4) is 0 Å². The van der Waals surface area contributed by atoms with E-state index in [9.17, 15) is 39.9 Å². The van der Waals surface area contributed by atoms with Gasteiger partial charge in [-0.2, -0.15) is 35.1 Å². The number of hydrogen-bond donors (Lipinski definition) is 0. The Bertz CT molecular complexity index is 496. The summed E-state index contributed by atoms with van der Waals surface area (Å²) in [6.45, 7) is 0. The van der Waals surface area contributed by atoms with Crippen molar-refractivity contribution in [3.05, 3.63) is 23.0 Å². The number of nitrogens with zero attached hydrogens (tertiary/aromatic N) is 1. The molecule has 1 aromatic heterocycles. The molecule has 0 atom stereocenters. The topological polar surface area (TPSA) is 22.0 Å². The third kappa shape index (κ3) is 2.43. The normalized spacial score (nSPS) is 13.7. The fourth-order valence-electron chi connectivity index (χ4n) is 1.47. The van der Waals surface area contributed by atoms with Crippen LogP contribution in [0.15, 0.2) is 6.20 Å². The standard InChI is InChI=1S/C9H5F8NO/c1-18-2-4(7(10,11)9(15,16)17)6(5(18)3-19)8(12,13)14/h2-3H,1H3. The number of carbonyl (C=O) groups is 1. The maximum absolute atomic E-state index is 13.0. The predicted octanol–water partition coefficient (Wildman–Crippen LogP) is 3.51. The summed E-state index contributed by atoms with van der Waals surface area (Å²) >= 11 is 0. The fraction of sp³-hybridized carbons (Fsp3) is 0.444. The van der Waals surface area contributed by atoms with Crippen LogP contribution in [0.2, 0.25) is 0 Å².